The maximum absolute atomic E-state index is 12.4. The van der Waals surface area contributed by atoms with Crippen LogP contribution in [0.5, 0.6) is 5.75 Å². The van der Waals surface area contributed by atoms with Crippen LogP contribution >= 0.6 is 0 Å². The minimum atomic E-state index is -3.40. The van der Waals surface area contributed by atoms with Gasteiger partial charge in [-0.1, -0.05) is 18.2 Å². The highest BCUT2D eigenvalue weighted by atomic mass is 32.2. The molecule has 7 nitrogen and oxygen atoms in total. The van der Waals surface area contributed by atoms with Crippen molar-refractivity contribution < 1.29 is 17.9 Å². The monoisotopic (exact) mass is 355 g/mol. The second kappa shape index (κ2) is 7.96. The Kier molecular flexibility index (Phi) is 6.20. The number of hydrogen-bond donors (Lipinski definition) is 0. The summed E-state index contributed by atoms with van der Waals surface area (Å²) in [5.74, 6) is 0.829. The molecule has 8 heteroatoms. The summed E-state index contributed by atoms with van der Waals surface area (Å²) in [6.45, 7) is 1.53. The third kappa shape index (κ3) is 4.25. The number of benzene rings is 1. The maximum Gasteiger partial charge on any atom is 0.281 e. The number of ether oxygens (including phenoxy) is 1. The fourth-order valence-corrected chi connectivity index (χ4v) is 3.79. The molecule has 134 valence electrons. The lowest BCUT2D eigenvalue weighted by molar-refractivity contribution is -0.132. The van der Waals surface area contributed by atoms with Crippen LogP contribution in [0.15, 0.2) is 24.3 Å². The predicted octanol–water partition coefficient (Wildman–Crippen LogP) is 0.578. The molecule has 1 aliphatic rings. The molecule has 0 N–H and O–H groups in total. The fraction of sp³-hybridized carbons (Fsp3) is 0.562. The molecular formula is C16H25N3O4S. The lowest BCUT2D eigenvalue weighted by Gasteiger charge is -2.35. The number of rotatable bonds is 6. The van der Waals surface area contributed by atoms with Crippen molar-refractivity contribution in [3.05, 3.63) is 29.8 Å². The molecule has 1 saturated heterocycles. The zero-order valence-electron chi connectivity index (χ0n) is 14.4. The minimum absolute atomic E-state index is 0.0443. The summed E-state index contributed by atoms with van der Waals surface area (Å²) in [4.78, 5) is 14.1. The fourth-order valence-electron chi connectivity index (χ4n) is 2.71. The van der Waals surface area contributed by atoms with Gasteiger partial charge in [-0.05, 0) is 18.1 Å². The first-order valence-corrected chi connectivity index (χ1v) is 9.33. The third-order valence-corrected chi connectivity index (χ3v) is 6.12. The smallest absolute Gasteiger partial charge is 0.281 e. The SMILES string of the molecule is COc1ccccc1CCC(=O)N1CCN(S(=O)(=O)N(C)C)CC1. The Balaban J connectivity index is 1.87. The summed E-state index contributed by atoms with van der Waals surface area (Å²) < 4.78 is 32.1. The van der Waals surface area contributed by atoms with Crippen molar-refractivity contribution in [2.75, 3.05) is 47.4 Å². The van der Waals surface area contributed by atoms with E-state index in [0.717, 1.165) is 11.3 Å². The van der Waals surface area contributed by atoms with E-state index in [9.17, 15) is 13.2 Å². The van der Waals surface area contributed by atoms with Gasteiger partial charge in [0.2, 0.25) is 5.91 Å². The number of carbonyl (C=O) groups is 1. The Hall–Kier alpha value is -1.64. The molecule has 0 atom stereocenters. The zero-order chi connectivity index (χ0) is 17.7. The van der Waals surface area contributed by atoms with Gasteiger partial charge in [-0.25, -0.2) is 0 Å². The predicted molar refractivity (Wildman–Crippen MR) is 92.1 cm³/mol. The Morgan fingerprint density at radius 2 is 1.79 bits per heavy atom. The van der Waals surface area contributed by atoms with Gasteiger partial charge in [-0.2, -0.15) is 17.0 Å². The molecule has 1 aliphatic heterocycles. The van der Waals surface area contributed by atoms with Gasteiger partial charge in [0.25, 0.3) is 10.2 Å². The normalized spacial score (nSPS) is 16.4. The Morgan fingerprint density at radius 1 is 1.17 bits per heavy atom. The lowest BCUT2D eigenvalue weighted by Crippen LogP contribution is -2.53. The largest absolute Gasteiger partial charge is 0.496 e. The topological polar surface area (TPSA) is 70.2 Å². The van der Waals surface area contributed by atoms with Crippen molar-refractivity contribution in [2.45, 2.75) is 12.8 Å². The Labute approximate surface area is 144 Å². The molecule has 0 bridgehead atoms. The number of para-hydroxylation sites is 1. The van der Waals surface area contributed by atoms with E-state index in [4.69, 9.17) is 4.74 Å². The molecule has 0 saturated carbocycles. The van der Waals surface area contributed by atoms with E-state index in [1.807, 2.05) is 24.3 Å². The van der Waals surface area contributed by atoms with Crippen molar-refractivity contribution in [3.63, 3.8) is 0 Å². The molecule has 2 rings (SSSR count). The molecule has 1 aromatic carbocycles. The van der Waals surface area contributed by atoms with Crippen LogP contribution in [0.1, 0.15) is 12.0 Å². The van der Waals surface area contributed by atoms with Gasteiger partial charge < -0.3 is 9.64 Å². The second-order valence-corrected chi connectivity index (χ2v) is 8.02. The average molecular weight is 355 g/mol. The van der Waals surface area contributed by atoms with Gasteiger partial charge in [0.15, 0.2) is 0 Å². The summed E-state index contributed by atoms with van der Waals surface area (Å²) in [5.41, 5.74) is 1.00. The molecule has 0 unspecified atom stereocenters. The maximum atomic E-state index is 12.4. The van der Waals surface area contributed by atoms with Gasteiger partial charge in [0.05, 0.1) is 7.11 Å². The van der Waals surface area contributed by atoms with Gasteiger partial charge in [-0.3, -0.25) is 4.79 Å². The number of nitrogens with zero attached hydrogens (tertiary/aromatic N) is 3. The van der Waals surface area contributed by atoms with Crippen molar-refractivity contribution in [3.8, 4) is 5.75 Å². The highest BCUT2D eigenvalue weighted by molar-refractivity contribution is 7.86. The van der Waals surface area contributed by atoms with Crippen LogP contribution in [0.25, 0.3) is 0 Å². The van der Waals surface area contributed by atoms with Gasteiger partial charge in [0.1, 0.15) is 5.75 Å². The highest BCUT2D eigenvalue weighted by Gasteiger charge is 2.29. The van der Waals surface area contributed by atoms with Gasteiger partial charge in [0, 0.05) is 46.7 Å². The first kappa shape index (κ1) is 18.7. The zero-order valence-corrected chi connectivity index (χ0v) is 15.3. The van der Waals surface area contributed by atoms with E-state index in [0.29, 0.717) is 39.0 Å². The van der Waals surface area contributed by atoms with Crippen molar-refractivity contribution >= 4 is 16.1 Å². The first-order chi connectivity index (χ1) is 11.4. The van der Waals surface area contributed by atoms with Crippen LogP contribution in [0.4, 0.5) is 0 Å². The van der Waals surface area contributed by atoms with Crippen LogP contribution in [0, 0.1) is 0 Å². The van der Waals surface area contributed by atoms with E-state index in [-0.39, 0.29) is 5.91 Å². The molecular weight excluding hydrogens is 330 g/mol. The number of amides is 1. The van der Waals surface area contributed by atoms with E-state index in [1.54, 1.807) is 12.0 Å². The lowest BCUT2D eigenvalue weighted by atomic mass is 10.1. The van der Waals surface area contributed by atoms with Gasteiger partial charge in [-0.15, -0.1) is 0 Å². The average Bonchev–Trinajstić information content (AvgIpc) is 2.59. The third-order valence-electron chi connectivity index (χ3n) is 4.18. The molecule has 24 heavy (non-hydrogen) atoms. The molecule has 1 fully saturated rings. The first-order valence-electron chi connectivity index (χ1n) is 7.93. The van der Waals surface area contributed by atoms with Crippen molar-refractivity contribution in [1.82, 2.24) is 13.5 Å². The summed E-state index contributed by atoms with van der Waals surface area (Å²) in [7, 11) is 1.24. The highest BCUT2D eigenvalue weighted by Crippen LogP contribution is 2.19. The van der Waals surface area contributed by atoms with Crippen LogP contribution in [0.2, 0.25) is 0 Å². The summed E-state index contributed by atoms with van der Waals surface area (Å²) in [6.07, 6.45) is 1.000. The summed E-state index contributed by atoms with van der Waals surface area (Å²) in [5, 5.41) is 0. The molecule has 1 aromatic rings. The van der Waals surface area contributed by atoms with Crippen LogP contribution in [-0.4, -0.2) is 75.2 Å². The van der Waals surface area contributed by atoms with Crippen LogP contribution in [-0.2, 0) is 21.4 Å². The molecule has 0 spiro atoms. The van der Waals surface area contributed by atoms with Gasteiger partial charge >= 0.3 is 0 Å². The van der Waals surface area contributed by atoms with E-state index in [2.05, 4.69) is 0 Å². The number of hydrogen-bond acceptors (Lipinski definition) is 4. The van der Waals surface area contributed by atoms with Crippen LogP contribution in [0.3, 0.4) is 0 Å². The van der Waals surface area contributed by atoms with Crippen LogP contribution < -0.4 is 4.74 Å². The second-order valence-electron chi connectivity index (χ2n) is 5.88. The summed E-state index contributed by atoms with van der Waals surface area (Å²) >= 11 is 0. The number of carbonyl (C=O) groups excluding carboxylic acids is 1. The Morgan fingerprint density at radius 3 is 2.38 bits per heavy atom. The van der Waals surface area contributed by atoms with Crippen molar-refractivity contribution in [1.29, 1.82) is 0 Å². The quantitative estimate of drug-likeness (QED) is 0.748. The van der Waals surface area contributed by atoms with E-state index < -0.39 is 10.2 Å². The number of aryl methyl sites for hydroxylation is 1. The van der Waals surface area contributed by atoms with Crippen molar-refractivity contribution in [2.24, 2.45) is 0 Å². The number of piperazine rings is 1. The molecule has 0 radical (unpaired) electrons. The number of methoxy groups -OCH3 is 1. The van der Waals surface area contributed by atoms with E-state index in [1.165, 1.54) is 22.7 Å². The Bertz CT molecular complexity index is 668. The van der Waals surface area contributed by atoms with E-state index >= 15 is 0 Å². The minimum Gasteiger partial charge on any atom is -0.496 e. The molecule has 1 amide bonds. The standard InChI is InChI=1S/C16H25N3O4S/c1-17(2)24(21,22)19-12-10-18(11-13-19)16(20)9-8-14-6-4-5-7-15(14)23-3/h4-7H,8-13H2,1-3H3. The summed E-state index contributed by atoms with van der Waals surface area (Å²) in [6, 6.07) is 7.65. The molecule has 1 heterocycles. The molecule has 0 aromatic heterocycles. The molecule has 0 aliphatic carbocycles.